The fraction of sp³-hybridized carbons (Fsp3) is 0.333. The molecule has 1 N–H and O–H groups in total. The largest absolute Gasteiger partial charge is 0.489 e. The summed E-state index contributed by atoms with van der Waals surface area (Å²) in [5, 5.41) is 0. The molecular weight excluding hydrogens is 396 g/mol. The van der Waals surface area contributed by atoms with Crippen LogP contribution in [0.5, 0.6) is 5.75 Å². The second kappa shape index (κ2) is 8.15. The number of aliphatic imine (C=N–C) groups is 2. The van der Waals surface area contributed by atoms with Gasteiger partial charge in [-0.25, -0.2) is 4.99 Å². The van der Waals surface area contributed by atoms with Gasteiger partial charge in [0.05, 0.1) is 24.7 Å². The van der Waals surface area contributed by atoms with E-state index in [0.29, 0.717) is 23.2 Å². The van der Waals surface area contributed by atoms with Crippen molar-refractivity contribution in [1.29, 1.82) is 0 Å². The highest BCUT2D eigenvalue weighted by Crippen LogP contribution is 2.39. The van der Waals surface area contributed by atoms with Crippen LogP contribution in [0.2, 0.25) is 0 Å². The lowest BCUT2D eigenvalue weighted by Gasteiger charge is -2.40. The lowest BCUT2D eigenvalue weighted by molar-refractivity contribution is -0.788. The highest BCUT2D eigenvalue weighted by Gasteiger charge is 2.41. The normalized spacial score (nSPS) is 25.9. The zero-order valence-electron chi connectivity index (χ0n) is 19.0. The second-order valence-corrected chi connectivity index (χ2v) is 9.97. The van der Waals surface area contributed by atoms with Crippen LogP contribution in [0.4, 0.5) is 0 Å². The maximum atomic E-state index is 6.11. The molecule has 0 saturated heterocycles. The van der Waals surface area contributed by atoms with Crippen molar-refractivity contribution in [3.63, 3.8) is 0 Å². The Morgan fingerprint density at radius 3 is 2.66 bits per heavy atom. The summed E-state index contributed by atoms with van der Waals surface area (Å²) in [6, 6.07) is 17.8. The van der Waals surface area contributed by atoms with E-state index in [-0.39, 0.29) is 5.41 Å². The Morgan fingerprint density at radius 2 is 1.88 bits per heavy atom. The van der Waals surface area contributed by atoms with Gasteiger partial charge in [-0.3, -0.25) is 4.99 Å². The van der Waals surface area contributed by atoms with Crippen molar-refractivity contribution in [3.05, 3.63) is 89.5 Å². The number of quaternary nitrogens is 1. The van der Waals surface area contributed by atoms with Crippen LogP contribution in [0.25, 0.3) is 0 Å². The number of fused-ring (bicyclic) bond motifs is 1. The Kier molecular flexibility index (Phi) is 5.31. The molecule has 5 rings (SSSR count). The zero-order valence-corrected chi connectivity index (χ0v) is 19.0. The smallest absolute Gasteiger partial charge is 0.219 e. The predicted molar refractivity (Wildman–Crippen MR) is 129 cm³/mol. The maximum absolute atomic E-state index is 6.11. The molecular formula is C27H31N4O+. The minimum absolute atomic E-state index is 0.172. The Hall–Kier alpha value is -3.02. The van der Waals surface area contributed by atoms with Crippen molar-refractivity contribution < 1.29 is 9.33 Å². The van der Waals surface area contributed by atoms with E-state index in [1.807, 2.05) is 31.2 Å². The molecule has 0 aromatic heterocycles. The van der Waals surface area contributed by atoms with E-state index in [0.717, 1.165) is 24.3 Å². The van der Waals surface area contributed by atoms with Crippen molar-refractivity contribution >= 4 is 12.6 Å². The van der Waals surface area contributed by atoms with Gasteiger partial charge < -0.3 is 4.74 Å². The number of benzene rings is 2. The molecule has 164 valence electrons. The van der Waals surface area contributed by atoms with Gasteiger partial charge in [-0.15, -0.1) is 10.0 Å². The van der Waals surface area contributed by atoms with E-state index in [1.165, 1.54) is 16.7 Å². The first kappa shape index (κ1) is 20.9. The molecule has 2 heterocycles. The third-order valence-electron chi connectivity index (χ3n) is 6.57. The Bertz CT molecular complexity index is 1100. The summed E-state index contributed by atoms with van der Waals surface area (Å²) in [4.78, 5) is 8.54. The minimum Gasteiger partial charge on any atom is -0.489 e. The van der Waals surface area contributed by atoms with Crippen molar-refractivity contribution in [3.8, 4) is 5.75 Å². The number of hydrogen-bond donors (Lipinski definition) is 1. The average molecular weight is 428 g/mol. The van der Waals surface area contributed by atoms with Crippen LogP contribution in [0, 0.1) is 0 Å². The lowest BCUT2D eigenvalue weighted by Crippen LogP contribution is -2.58. The molecule has 0 spiro atoms. The van der Waals surface area contributed by atoms with Gasteiger partial charge in [0.2, 0.25) is 6.34 Å². The molecule has 5 heteroatoms. The first-order valence-corrected chi connectivity index (χ1v) is 11.4. The minimum atomic E-state index is 0.172. The van der Waals surface area contributed by atoms with Crippen molar-refractivity contribution in [2.45, 2.75) is 57.6 Å². The predicted octanol–water partition coefficient (Wildman–Crippen LogP) is 5.57. The topological polar surface area (TPSA) is 46.0 Å². The summed E-state index contributed by atoms with van der Waals surface area (Å²) < 4.78 is 6.58. The molecule has 3 aliphatic rings. The highest BCUT2D eigenvalue weighted by atomic mass is 16.5. The Morgan fingerprint density at radius 1 is 1.06 bits per heavy atom. The molecule has 0 radical (unpaired) electrons. The van der Waals surface area contributed by atoms with Gasteiger partial charge in [-0.05, 0) is 53.0 Å². The van der Waals surface area contributed by atoms with Crippen LogP contribution in [-0.4, -0.2) is 23.2 Å². The van der Waals surface area contributed by atoms with Crippen LogP contribution < -0.4 is 10.2 Å². The number of allylic oxidation sites excluding steroid dienone is 1. The second-order valence-electron chi connectivity index (χ2n) is 9.97. The molecule has 2 aromatic carbocycles. The number of rotatable bonds is 6. The zero-order chi connectivity index (χ0) is 22.2. The van der Waals surface area contributed by atoms with E-state index >= 15 is 0 Å². The summed E-state index contributed by atoms with van der Waals surface area (Å²) in [7, 11) is 0. The molecule has 2 aliphatic heterocycles. The summed E-state index contributed by atoms with van der Waals surface area (Å²) in [5.41, 5.74) is 8.84. The Labute approximate surface area is 190 Å². The van der Waals surface area contributed by atoms with E-state index in [4.69, 9.17) is 4.74 Å². The van der Waals surface area contributed by atoms with E-state index in [1.54, 1.807) is 0 Å². The van der Waals surface area contributed by atoms with Crippen LogP contribution >= 0.6 is 0 Å². The molecule has 1 fully saturated rings. The molecule has 2 aromatic rings. The van der Waals surface area contributed by atoms with Gasteiger partial charge in [-0.2, -0.15) is 0 Å². The number of ether oxygens (including phenoxy) is 1. The molecule has 1 unspecified atom stereocenters. The van der Waals surface area contributed by atoms with Crippen LogP contribution in [-0.2, 0) is 12.0 Å². The molecule has 0 amide bonds. The maximum Gasteiger partial charge on any atom is 0.219 e. The van der Waals surface area contributed by atoms with Crippen LogP contribution in [0.1, 0.15) is 56.2 Å². The first-order chi connectivity index (χ1) is 15.4. The van der Waals surface area contributed by atoms with Crippen LogP contribution in [0.3, 0.4) is 0 Å². The SMILES string of the molecule is CC(C)(C)c1ccc(COc2cccc(C3CC(N[N+]45C=CN=CC4=CN=C5)C3)c2)cc1. The van der Waals surface area contributed by atoms with Gasteiger partial charge in [0.1, 0.15) is 18.6 Å². The lowest BCUT2D eigenvalue weighted by atomic mass is 9.76. The van der Waals surface area contributed by atoms with Crippen molar-refractivity contribution in [1.82, 2.24) is 5.43 Å². The molecule has 1 aliphatic carbocycles. The van der Waals surface area contributed by atoms with E-state index in [9.17, 15) is 0 Å². The first-order valence-electron chi connectivity index (χ1n) is 11.4. The van der Waals surface area contributed by atoms with Gasteiger partial charge in [0, 0.05) is 0 Å². The van der Waals surface area contributed by atoms with Crippen molar-refractivity contribution in [2.75, 3.05) is 0 Å². The summed E-state index contributed by atoms with van der Waals surface area (Å²) in [6.45, 7) is 7.30. The van der Waals surface area contributed by atoms with Crippen molar-refractivity contribution in [2.24, 2.45) is 9.98 Å². The summed E-state index contributed by atoms with van der Waals surface area (Å²) >= 11 is 0. The average Bonchev–Trinajstić information content (AvgIpc) is 3.18. The third-order valence-corrected chi connectivity index (χ3v) is 6.57. The standard InChI is InChI=1S/C27H31N4O/c1-27(2,3)23-9-7-20(8-10-23)18-32-26-6-4-5-21(15-26)22-13-24(14-22)30-31-12-11-28-16-25(31)17-29-19-31/h4-12,15-17,19,22,24,30H,13-14,18H2,1-3H3/q+1. The summed E-state index contributed by atoms with van der Waals surface area (Å²) in [6.07, 6.45) is 11.7. The third kappa shape index (κ3) is 4.18. The molecule has 1 atom stereocenters. The molecule has 32 heavy (non-hydrogen) atoms. The van der Waals surface area contributed by atoms with E-state index < -0.39 is 0 Å². The van der Waals surface area contributed by atoms with Gasteiger partial charge >= 0.3 is 0 Å². The molecule has 0 bridgehead atoms. The number of nitrogens with one attached hydrogen (secondary N) is 1. The highest BCUT2D eigenvalue weighted by molar-refractivity contribution is 5.81. The van der Waals surface area contributed by atoms with Crippen LogP contribution in [0.15, 0.2) is 82.8 Å². The molecule has 1 saturated carbocycles. The number of nitrogens with zero attached hydrogens (tertiary/aromatic N) is 3. The number of hydrogen-bond acceptors (Lipinski definition) is 4. The summed E-state index contributed by atoms with van der Waals surface area (Å²) in [5.74, 6) is 1.49. The van der Waals surface area contributed by atoms with E-state index in [2.05, 4.69) is 84.7 Å². The van der Waals surface area contributed by atoms with Gasteiger partial charge in [0.15, 0.2) is 5.70 Å². The molecule has 5 nitrogen and oxygen atoms in total. The van der Waals surface area contributed by atoms with Gasteiger partial charge in [0.25, 0.3) is 0 Å². The Balaban J connectivity index is 1.16. The monoisotopic (exact) mass is 427 g/mol. The quantitative estimate of drug-likeness (QED) is 0.613. The van der Waals surface area contributed by atoms with Gasteiger partial charge in [-0.1, -0.05) is 57.2 Å². The fourth-order valence-electron chi connectivity index (χ4n) is 4.47. The fourth-order valence-corrected chi connectivity index (χ4v) is 4.47.